The van der Waals surface area contributed by atoms with Crippen molar-refractivity contribution in [2.75, 3.05) is 19.8 Å². The number of carbonyl (C=O) groups excluding carboxylic acids is 2. The van der Waals surface area contributed by atoms with E-state index in [-0.39, 0.29) is 32.0 Å². The van der Waals surface area contributed by atoms with Gasteiger partial charge in [-0.3, -0.25) is 9.59 Å². The van der Waals surface area contributed by atoms with E-state index < -0.39 is 49.4 Å². The predicted octanol–water partition coefficient (Wildman–Crippen LogP) is 11.3. The molecule has 1 aliphatic heterocycles. The normalized spacial score (nSPS) is 20.0. The van der Waals surface area contributed by atoms with Gasteiger partial charge in [-0.05, 0) is 44.9 Å². The zero-order chi connectivity index (χ0) is 43.7. The number of esters is 2. The fourth-order valence-electron chi connectivity index (χ4n) is 7.63. The van der Waals surface area contributed by atoms with Gasteiger partial charge in [0.15, 0.2) is 12.4 Å². The number of ether oxygens (including phenoxy) is 4. The smallest absolute Gasteiger partial charge is 0.306 e. The molecule has 0 spiro atoms. The predicted molar refractivity (Wildman–Crippen MR) is 243 cm³/mol. The number of hydrogen-bond acceptors (Lipinski definition) is 10. The molecule has 0 radical (unpaired) electrons. The molecule has 0 aromatic rings. The summed E-state index contributed by atoms with van der Waals surface area (Å²) in [6, 6.07) is 0. The second kappa shape index (κ2) is 41.2. The Morgan fingerprint density at radius 3 is 1.40 bits per heavy atom. The first-order chi connectivity index (χ1) is 29.3. The molecule has 0 amide bonds. The van der Waals surface area contributed by atoms with E-state index in [1.54, 1.807) is 0 Å². The van der Waals surface area contributed by atoms with Crippen molar-refractivity contribution in [1.29, 1.82) is 0 Å². The van der Waals surface area contributed by atoms with Gasteiger partial charge in [-0.25, -0.2) is 0 Å². The highest BCUT2D eigenvalue weighted by molar-refractivity contribution is 5.70. The van der Waals surface area contributed by atoms with Crippen molar-refractivity contribution in [3.8, 4) is 0 Å². The van der Waals surface area contributed by atoms with Crippen molar-refractivity contribution in [3.05, 3.63) is 24.3 Å². The Bertz CT molecular complexity index is 1030. The molecule has 1 rings (SSSR count). The first kappa shape index (κ1) is 56.2. The minimum Gasteiger partial charge on any atom is -0.462 e. The zero-order valence-electron chi connectivity index (χ0n) is 38.5. The molecule has 60 heavy (non-hydrogen) atoms. The van der Waals surface area contributed by atoms with E-state index in [0.717, 1.165) is 57.8 Å². The molecule has 0 saturated carbocycles. The lowest BCUT2D eigenvalue weighted by molar-refractivity contribution is -0.305. The third kappa shape index (κ3) is 31.9. The molecule has 352 valence electrons. The van der Waals surface area contributed by atoms with Gasteiger partial charge in [-0.1, -0.05) is 192 Å². The SMILES string of the molecule is CCCCCC/C=C\C/C=C\CCCCCCCC(=O)OC(COC(=O)CCCCCCCCCCCCCCCCCCCCC)COC1OC(CO)C(O)C(O)C1O. The Labute approximate surface area is 366 Å². The molecule has 6 unspecified atom stereocenters. The maximum atomic E-state index is 12.8. The van der Waals surface area contributed by atoms with Crippen molar-refractivity contribution < 1.29 is 49.0 Å². The summed E-state index contributed by atoms with van der Waals surface area (Å²) in [4.78, 5) is 25.4. The lowest BCUT2D eigenvalue weighted by Gasteiger charge is -2.39. The molecule has 10 heteroatoms. The molecule has 0 aromatic heterocycles. The number of aliphatic hydroxyl groups is 4. The van der Waals surface area contributed by atoms with Gasteiger partial charge in [0.25, 0.3) is 0 Å². The van der Waals surface area contributed by atoms with Crippen molar-refractivity contribution in [1.82, 2.24) is 0 Å². The third-order valence-electron chi connectivity index (χ3n) is 11.6. The van der Waals surface area contributed by atoms with Gasteiger partial charge >= 0.3 is 11.9 Å². The highest BCUT2D eigenvalue weighted by Crippen LogP contribution is 2.23. The molecule has 0 aromatic carbocycles. The lowest BCUT2D eigenvalue weighted by atomic mass is 9.99. The second-order valence-corrected chi connectivity index (χ2v) is 17.3. The molecule has 6 atom stereocenters. The van der Waals surface area contributed by atoms with Crippen LogP contribution in [-0.4, -0.2) is 89.0 Å². The maximum absolute atomic E-state index is 12.8. The number of carbonyl (C=O) groups is 2. The number of allylic oxidation sites excluding steroid dienone is 4. The minimum atomic E-state index is -1.60. The van der Waals surface area contributed by atoms with Gasteiger partial charge in [0.1, 0.15) is 31.0 Å². The summed E-state index contributed by atoms with van der Waals surface area (Å²) in [5.41, 5.74) is 0. The third-order valence-corrected chi connectivity index (χ3v) is 11.6. The summed E-state index contributed by atoms with van der Waals surface area (Å²) < 4.78 is 22.2. The Balaban J connectivity index is 2.27. The van der Waals surface area contributed by atoms with E-state index >= 15 is 0 Å². The molecule has 0 aliphatic carbocycles. The van der Waals surface area contributed by atoms with Gasteiger partial charge in [0.2, 0.25) is 0 Å². The molecule has 0 bridgehead atoms. The van der Waals surface area contributed by atoms with Crippen molar-refractivity contribution in [2.45, 2.75) is 263 Å². The quantitative estimate of drug-likeness (QED) is 0.0265. The summed E-state index contributed by atoms with van der Waals surface area (Å²) in [5, 5.41) is 40.1. The monoisotopic (exact) mass is 853 g/mol. The maximum Gasteiger partial charge on any atom is 0.306 e. The fourth-order valence-corrected chi connectivity index (χ4v) is 7.63. The molecule has 1 fully saturated rings. The van der Waals surface area contributed by atoms with Gasteiger partial charge in [-0.2, -0.15) is 0 Å². The second-order valence-electron chi connectivity index (χ2n) is 17.3. The number of unbranched alkanes of at least 4 members (excludes halogenated alkanes) is 27. The number of rotatable bonds is 42. The zero-order valence-corrected chi connectivity index (χ0v) is 38.5. The van der Waals surface area contributed by atoms with E-state index in [0.29, 0.717) is 6.42 Å². The largest absolute Gasteiger partial charge is 0.462 e. The minimum absolute atomic E-state index is 0.217. The summed E-state index contributed by atoms with van der Waals surface area (Å²) >= 11 is 0. The van der Waals surface area contributed by atoms with Gasteiger partial charge in [0.05, 0.1) is 13.2 Å². The topological polar surface area (TPSA) is 152 Å². The fraction of sp³-hybridized carbons (Fsp3) is 0.880. The molecule has 1 aliphatic rings. The lowest BCUT2D eigenvalue weighted by Crippen LogP contribution is -2.59. The molecular weight excluding hydrogens is 761 g/mol. The van der Waals surface area contributed by atoms with Crippen molar-refractivity contribution in [3.63, 3.8) is 0 Å². The van der Waals surface area contributed by atoms with Crippen molar-refractivity contribution in [2.24, 2.45) is 0 Å². The van der Waals surface area contributed by atoms with Crippen LogP contribution in [0.5, 0.6) is 0 Å². The van der Waals surface area contributed by atoms with Gasteiger partial charge in [0, 0.05) is 12.8 Å². The van der Waals surface area contributed by atoms with Crippen LogP contribution in [0.2, 0.25) is 0 Å². The molecule has 1 heterocycles. The molecule has 10 nitrogen and oxygen atoms in total. The van der Waals surface area contributed by atoms with Gasteiger partial charge < -0.3 is 39.4 Å². The van der Waals surface area contributed by atoms with Crippen LogP contribution < -0.4 is 0 Å². The number of hydrogen-bond donors (Lipinski definition) is 4. The van der Waals surface area contributed by atoms with Gasteiger partial charge in [-0.15, -0.1) is 0 Å². The van der Waals surface area contributed by atoms with Crippen LogP contribution in [0.15, 0.2) is 24.3 Å². The van der Waals surface area contributed by atoms with Crippen LogP contribution in [0.1, 0.15) is 226 Å². The summed E-state index contributed by atoms with van der Waals surface area (Å²) in [5.74, 6) is -0.811. The van der Waals surface area contributed by atoms with E-state index in [1.807, 2.05) is 0 Å². The van der Waals surface area contributed by atoms with Crippen LogP contribution in [0.4, 0.5) is 0 Å². The highest BCUT2D eigenvalue weighted by atomic mass is 16.7. The average Bonchev–Trinajstić information content (AvgIpc) is 3.25. The van der Waals surface area contributed by atoms with E-state index in [4.69, 9.17) is 18.9 Å². The summed E-state index contributed by atoms with van der Waals surface area (Å²) in [6.45, 7) is 3.42. The Morgan fingerprint density at radius 2 is 0.933 bits per heavy atom. The van der Waals surface area contributed by atoms with Crippen LogP contribution in [0.25, 0.3) is 0 Å². The molecular formula is C50H92O10. The first-order valence-corrected chi connectivity index (χ1v) is 24.9. The molecule has 1 saturated heterocycles. The Kier molecular flexibility index (Phi) is 38.6. The first-order valence-electron chi connectivity index (χ1n) is 24.9. The standard InChI is InChI=1S/C50H92O10/c1-3-5-7-9-11-13-15-17-19-21-22-23-25-26-28-30-32-34-36-38-45(52)57-41-43(42-58-50-49(56)48(55)47(54)44(40-51)60-50)59-46(53)39-37-35-33-31-29-27-24-20-18-16-14-12-10-8-6-4-2/h14,16,20,24,43-44,47-51,54-56H,3-13,15,17-19,21-23,25-42H2,1-2H3/b16-14-,24-20-. The summed E-state index contributed by atoms with van der Waals surface area (Å²) in [6.07, 6.45) is 39.0. The van der Waals surface area contributed by atoms with E-state index in [2.05, 4.69) is 38.2 Å². The molecule has 4 N–H and O–H groups in total. The van der Waals surface area contributed by atoms with Crippen LogP contribution >= 0.6 is 0 Å². The van der Waals surface area contributed by atoms with Crippen LogP contribution in [0, 0.1) is 0 Å². The number of aliphatic hydroxyl groups excluding tert-OH is 4. The van der Waals surface area contributed by atoms with Crippen LogP contribution in [0.3, 0.4) is 0 Å². The van der Waals surface area contributed by atoms with E-state index in [1.165, 1.54) is 135 Å². The highest BCUT2D eigenvalue weighted by Gasteiger charge is 2.44. The summed E-state index contributed by atoms with van der Waals surface area (Å²) in [7, 11) is 0. The van der Waals surface area contributed by atoms with Crippen molar-refractivity contribution >= 4 is 11.9 Å². The Morgan fingerprint density at radius 1 is 0.517 bits per heavy atom. The van der Waals surface area contributed by atoms with Crippen LogP contribution in [-0.2, 0) is 28.5 Å². The Hall–Kier alpha value is -1.82. The van der Waals surface area contributed by atoms with E-state index in [9.17, 15) is 30.0 Å². The average molecular weight is 853 g/mol.